The lowest BCUT2D eigenvalue weighted by atomic mass is 10.4. The zero-order valence-electron chi connectivity index (χ0n) is 12.0. The second-order valence-corrected chi connectivity index (χ2v) is 6.08. The molecular weight excluding hydrogens is 284 g/mol. The Morgan fingerprint density at radius 2 is 1.90 bits per heavy atom. The standard InChI is InChI=1S/C15H20N4OS/c1-2-4-15(5-3-1)21-13-14-12-19(17-16-14)7-6-18-8-10-20-11-9-18/h1-5,12H,6-11,13H2. The summed E-state index contributed by atoms with van der Waals surface area (Å²) in [5, 5.41) is 8.45. The molecule has 0 atom stereocenters. The van der Waals surface area contributed by atoms with Gasteiger partial charge in [-0.1, -0.05) is 23.4 Å². The van der Waals surface area contributed by atoms with E-state index in [-0.39, 0.29) is 0 Å². The van der Waals surface area contributed by atoms with Crippen LogP contribution in [0.3, 0.4) is 0 Å². The van der Waals surface area contributed by atoms with Gasteiger partial charge in [-0.15, -0.1) is 16.9 Å². The summed E-state index contributed by atoms with van der Waals surface area (Å²) in [4.78, 5) is 3.67. The Hall–Kier alpha value is -1.37. The predicted molar refractivity (Wildman–Crippen MR) is 83.3 cm³/mol. The van der Waals surface area contributed by atoms with Crippen molar-refractivity contribution >= 4 is 11.8 Å². The molecule has 2 aromatic rings. The molecule has 21 heavy (non-hydrogen) atoms. The van der Waals surface area contributed by atoms with Gasteiger partial charge in [-0.25, -0.2) is 0 Å². The quantitative estimate of drug-likeness (QED) is 0.763. The lowest BCUT2D eigenvalue weighted by Gasteiger charge is -2.26. The second kappa shape index (κ2) is 7.59. The molecule has 1 saturated heterocycles. The SMILES string of the molecule is c1ccc(SCc2cn(CCN3CCOCC3)nn2)cc1. The van der Waals surface area contributed by atoms with E-state index in [0.29, 0.717) is 0 Å². The Kier molecular flexibility index (Phi) is 5.26. The van der Waals surface area contributed by atoms with Crippen LogP contribution in [-0.4, -0.2) is 52.7 Å². The zero-order chi connectivity index (χ0) is 14.3. The van der Waals surface area contributed by atoms with E-state index in [1.807, 2.05) is 10.7 Å². The summed E-state index contributed by atoms with van der Waals surface area (Å²) in [6, 6.07) is 10.4. The number of hydrogen-bond donors (Lipinski definition) is 0. The van der Waals surface area contributed by atoms with Gasteiger partial charge < -0.3 is 4.74 Å². The van der Waals surface area contributed by atoms with Crippen LogP contribution in [0.1, 0.15) is 5.69 Å². The highest BCUT2D eigenvalue weighted by Crippen LogP contribution is 2.20. The van der Waals surface area contributed by atoms with Crippen LogP contribution in [0.5, 0.6) is 0 Å². The van der Waals surface area contributed by atoms with Gasteiger partial charge in [0.1, 0.15) is 0 Å². The molecule has 0 bridgehead atoms. The summed E-state index contributed by atoms with van der Waals surface area (Å²) in [7, 11) is 0. The van der Waals surface area contributed by atoms with Crippen LogP contribution < -0.4 is 0 Å². The number of rotatable bonds is 6. The molecule has 3 rings (SSSR count). The molecule has 0 unspecified atom stereocenters. The normalized spacial score (nSPS) is 16.2. The Morgan fingerprint density at radius 1 is 1.10 bits per heavy atom. The molecule has 1 aliphatic rings. The van der Waals surface area contributed by atoms with Crippen molar-refractivity contribution in [2.24, 2.45) is 0 Å². The number of morpholine rings is 1. The van der Waals surface area contributed by atoms with Crippen LogP contribution in [0, 0.1) is 0 Å². The van der Waals surface area contributed by atoms with E-state index in [2.05, 4.69) is 45.7 Å². The molecule has 1 aromatic heterocycles. The third-order valence-electron chi connectivity index (χ3n) is 3.47. The maximum Gasteiger partial charge on any atom is 0.0929 e. The fourth-order valence-corrected chi connectivity index (χ4v) is 3.05. The van der Waals surface area contributed by atoms with E-state index in [1.165, 1.54) is 4.90 Å². The molecule has 6 heteroatoms. The number of thioether (sulfide) groups is 1. The summed E-state index contributed by atoms with van der Waals surface area (Å²) in [6.45, 7) is 5.63. The molecule has 0 spiro atoms. The molecule has 0 aliphatic carbocycles. The number of aromatic nitrogens is 3. The monoisotopic (exact) mass is 304 g/mol. The summed E-state index contributed by atoms with van der Waals surface area (Å²) >= 11 is 1.79. The van der Waals surface area contributed by atoms with Crippen LogP contribution in [0.4, 0.5) is 0 Å². The Bertz CT molecular complexity index is 540. The summed E-state index contributed by atoms with van der Waals surface area (Å²) < 4.78 is 7.29. The number of ether oxygens (including phenoxy) is 1. The summed E-state index contributed by atoms with van der Waals surface area (Å²) in [5.41, 5.74) is 1.03. The Labute approximate surface area is 129 Å². The van der Waals surface area contributed by atoms with Crippen molar-refractivity contribution in [1.29, 1.82) is 0 Å². The van der Waals surface area contributed by atoms with Gasteiger partial charge in [0.2, 0.25) is 0 Å². The Balaban J connectivity index is 1.45. The second-order valence-electron chi connectivity index (χ2n) is 5.03. The van der Waals surface area contributed by atoms with Gasteiger partial charge in [-0.3, -0.25) is 9.58 Å². The summed E-state index contributed by atoms with van der Waals surface area (Å²) in [5.74, 6) is 0.863. The number of benzene rings is 1. The molecule has 5 nitrogen and oxygen atoms in total. The van der Waals surface area contributed by atoms with Crippen molar-refractivity contribution in [2.75, 3.05) is 32.8 Å². The van der Waals surface area contributed by atoms with E-state index in [0.717, 1.165) is 50.8 Å². The van der Waals surface area contributed by atoms with Crippen molar-refractivity contribution in [3.63, 3.8) is 0 Å². The van der Waals surface area contributed by atoms with E-state index in [1.54, 1.807) is 11.8 Å². The molecule has 2 heterocycles. The molecule has 0 radical (unpaired) electrons. The Morgan fingerprint density at radius 3 is 2.71 bits per heavy atom. The number of nitrogens with zero attached hydrogens (tertiary/aromatic N) is 4. The van der Waals surface area contributed by atoms with Crippen molar-refractivity contribution < 1.29 is 4.74 Å². The maximum absolute atomic E-state index is 5.35. The van der Waals surface area contributed by atoms with Gasteiger partial charge in [-0.05, 0) is 12.1 Å². The lowest BCUT2D eigenvalue weighted by molar-refractivity contribution is 0.0359. The smallest absolute Gasteiger partial charge is 0.0929 e. The van der Waals surface area contributed by atoms with Crippen LogP contribution in [0.15, 0.2) is 41.4 Å². The van der Waals surface area contributed by atoms with E-state index in [4.69, 9.17) is 4.74 Å². The van der Waals surface area contributed by atoms with Crippen molar-refractivity contribution in [2.45, 2.75) is 17.2 Å². The van der Waals surface area contributed by atoms with E-state index >= 15 is 0 Å². The average molecular weight is 304 g/mol. The molecule has 0 saturated carbocycles. The molecule has 0 amide bonds. The fourth-order valence-electron chi connectivity index (χ4n) is 2.26. The molecule has 1 aliphatic heterocycles. The highest BCUT2D eigenvalue weighted by Gasteiger charge is 2.10. The molecule has 0 N–H and O–H groups in total. The van der Waals surface area contributed by atoms with Crippen LogP contribution in [0.25, 0.3) is 0 Å². The minimum absolute atomic E-state index is 0.844. The van der Waals surface area contributed by atoms with E-state index in [9.17, 15) is 0 Å². The van der Waals surface area contributed by atoms with Gasteiger partial charge in [0.05, 0.1) is 25.5 Å². The van der Waals surface area contributed by atoms with Crippen LogP contribution in [0.2, 0.25) is 0 Å². The first kappa shape index (κ1) is 14.6. The largest absolute Gasteiger partial charge is 0.379 e. The van der Waals surface area contributed by atoms with Gasteiger partial charge in [0.25, 0.3) is 0 Å². The third kappa shape index (κ3) is 4.56. The van der Waals surface area contributed by atoms with Gasteiger partial charge in [0, 0.05) is 36.5 Å². The molecular formula is C15H20N4OS. The number of hydrogen-bond acceptors (Lipinski definition) is 5. The zero-order valence-corrected chi connectivity index (χ0v) is 12.8. The lowest BCUT2D eigenvalue weighted by Crippen LogP contribution is -2.38. The first-order valence-corrected chi connectivity index (χ1v) is 8.26. The fraction of sp³-hybridized carbons (Fsp3) is 0.467. The van der Waals surface area contributed by atoms with Crippen molar-refractivity contribution in [1.82, 2.24) is 19.9 Å². The highest BCUT2D eigenvalue weighted by atomic mass is 32.2. The van der Waals surface area contributed by atoms with Gasteiger partial charge >= 0.3 is 0 Å². The van der Waals surface area contributed by atoms with Crippen LogP contribution >= 0.6 is 11.8 Å². The first-order valence-electron chi connectivity index (χ1n) is 7.27. The van der Waals surface area contributed by atoms with E-state index < -0.39 is 0 Å². The average Bonchev–Trinajstić information content (AvgIpc) is 3.01. The van der Waals surface area contributed by atoms with Crippen molar-refractivity contribution in [3.05, 3.63) is 42.2 Å². The molecule has 112 valence electrons. The summed E-state index contributed by atoms with van der Waals surface area (Å²) in [6.07, 6.45) is 2.05. The maximum atomic E-state index is 5.35. The van der Waals surface area contributed by atoms with Crippen molar-refractivity contribution in [3.8, 4) is 0 Å². The third-order valence-corrected chi connectivity index (χ3v) is 4.51. The molecule has 1 aromatic carbocycles. The highest BCUT2D eigenvalue weighted by molar-refractivity contribution is 7.98. The molecule has 1 fully saturated rings. The topological polar surface area (TPSA) is 43.2 Å². The minimum atomic E-state index is 0.844. The van der Waals surface area contributed by atoms with Crippen LogP contribution in [-0.2, 0) is 17.0 Å². The predicted octanol–water partition coefficient (Wildman–Crippen LogP) is 1.90. The minimum Gasteiger partial charge on any atom is -0.379 e. The first-order chi connectivity index (χ1) is 10.4. The van der Waals surface area contributed by atoms with Gasteiger partial charge in [-0.2, -0.15) is 0 Å². The van der Waals surface area contributed by atoms with Gasteiger partial charge in [0.15, 0.2) is 0 Å².